The molecular weight excluding hydrogens is 354 g/mol. The Hall–Kier alpha value is -3.86. The summed E-state index contributed by atoms with van der Waals surface area (Å²) in [5.41, 5.74) is 1.86. The first-order valence-corrected chi connectivity index (χ1v) is 8.78. The highest BCUT2D eigenvalue weighted by atomic mass is 16.3. The van der Waals surface area contributed by atoms with Crippen LogP contribution in [-0.2, 0) is 4.79 Å². The molecule has 1 aliphatic rings. The van der Waals surface area contributed by atoms with E-state index in [0.717, 1.165) is 5.69 Å². The van der Waals surface area contributed by atoms with Gasteiger partial charge in [0.05, 0.1) is 11.6 Å². The number of ketones is 2. The Kier molecular flexibility index (Phi) is 4.41. The molecule has 0 spiro atoms. The molecule has 5 heteroatoms. The van der Waals surface area contributed by atoms with Crippen LogP contribution in [-0.4, -0.2) is 21.8 Å². The minimum absolute atomic E-state index is 0.0155. The maximum absolute atomic E-state index is 12.9. The third kappa shape index (κ3) is 3.03. The van der Waals surface area contributed by atoms with Gasteiger partial charge in [-0.25, -0.2) is 0 Å². The molecule has 1 atom stereocenters. The number of anilines is 1. The van der Waals surface area contributed by atoms with E-state index in [0.29, 0.717) is 11.1 Å². The Labute approximate surface area is 161 Å². The molecule has 3 N–H and O–H groups in total. The van der Waals surface area contributed by atoms with Crippen molar-refractivity contribution in [1.82, 2.24) is 0 Å². The van der Waals surface area contributed by atoms with E-state index in [2.05, 4.69) is 5.32 Å². The predicted octanol–water partition coefficient (Wildman–Crippen LogP) is 4.28. The van der Waals surface area contributed by atoms with Crippen LogP contribution in [0.15, 0.2) is 84.4 Å². The van der Waals surface area contributed by atoms with Gasteiger partial charge in [0, 0.05) is 16.8 Å². The Morgan fingerprint density at radius 1 is 0.679 bits per heavy atom. The average molecular weight is 371 g/mol. The largest absolute Gasteiger partial charge is 0.508 e. The van der Waals surface area contributed by atoms with Crippen LogP contribution in [0.25, 0.3) is 5.76 Å². The fourth-order valence-corrected chi connectivity index (χ4v) is 3.34. The van der Waals surface area contributed by atoms with Crippen LogP contribution >= 0.6 is 0 Å². The van der Waals surface area contributed by atoms with Gasteiger partial charge in [0.15, 0.2) is 0 Å². The number of aliphatic hydroxyl groups excluding tert-OH is 1. The number of phenolic OH excluding ortho intramolecular Hbond substituents is 1. The summed E-state index contributed by atoms with van der Waals surface area (Å²) in [6.07, 6.45) is 0. The zero-order valence-corrected chi connectivity index (χ0v) is 14.8. The summed E-state index contributed by atoms with van der Waals surface area (Å²) in [4.78, 5) is 25.6. The van der Waals surface area contributed by atoms with Gasteiger partial charge in [-0.15, -0.1) is 0 Å². The number of hydrogen-bond acceptors (Lipinski definition) is 5. The van der Waals surface area contributed by atoms with Crippen molar-refractivity contribution in [2.24, 2.45) is 0 Å². The van der Waals surface area contributed by atoms with E-state index in [4.69, 9.17) is 0 Å². The fraction of sp³-hybridized carbons (Fsp3) is 0.0435. The summed E-state index contributed by atoms with van der Waals surface area (Å²) in [6.45, 7) is 0. The Morgan fingerprint density at radius 3 is 1.96 bits per heavy atom. The molecule has 0 aliphatic heterocycles. The molecule has 28 heavy (non-hydrogen) atoms. The van der Waals surface area contributed by atoms with Gasteiger partial charge in [-0.2, -0.15) is 0 Å². The molecule has 0 heterocycles. The predicted molar refractivity (Wildman–Crippen MR) is 106 cm³/mol. The van der Waals surface area contributed by atoms with Crippen molar-refractivity contribution in [2.45, 2.75) is 6.04 Å². The highest BCUT2D eigenvalue weighted by Gasteiger charge is 2.37. The second-order valence-electron chi connectivity index (χ2n) is 6.50. The Balaban J connectivity index is 1.89. The minimum atomic E-state index is -0.771. The van der Waals surface area contributed by atoms with Crippen LogP contribution in [0.4, 0.5) is 5.69 Å². The molecule has 0 saturated heterocycles. The molecular formula is C23H17NO4. The van der Waals surface area contributed by atoms with Crippen molar-refractivity contribution in [2.75, 3.05) is 5.32 Å². The molecule has 0 radical (unpaired) electrons. The van der Waals surface area contributed by atoms with E-state index >= 15 is 0 Å². The normalized spacial score (nSPS) is 14.6. The zero-order valence-electron chi connectivity index (χ0n) is 14.8. The lowest BCUT2D eigenvalue weighted by molar-refractivity contribution is -0.112. The lowest BCUT2D eigenvalue weighted by Gasteiger charge is -2.26. The number of Topliss-reactive ketones (excluding diaryl/α,β-unsaturated/α-hetero) is 2. The van der Waals surface area contributed by atoms with Gasteiger partial charge in [-0.3, -0.25) is 9.59 Å². The van der Waals surface area contributed by atoms with Crippen molar-refractivity contribution < 1.29 is 19.8 Å². The van der Waals surface area contributed by atoms with E-state index in [1.165, 1.54) is 18.2 Å². The third-order valence-electron chi connectivity index (χ3n) is 4.73. The van der Waals surface area contributed by atoms with Gasteiger partial charge in [-0.1, -0.05) is 54.6 Å². The topological polar surface area (TPSA) is 86.6 Å². The van der Waals surface area contributed by atoms with Gasteiger partial charge in [-0.05, 0) is 29.8 Å². The zero-order chi connectivity index (χ0) is 19.7. The number of carbonyl (C=O) groups is 2. The van der Waals surface area contributed by atoms with E-state index in [1.807, 2.05) is 30.3 Å². The van der Waals surface area contributed by atoms with E-state index < -0.39 is 17.6 Å². The number of para-hydroxylation sites is 1. The highest BCUT2D eigenvalue weighted by Crippen LogP contribution is 2.37. The number of aromatic hydroxyl groups is 1. The third-order valence-corrected chi connectivity index (χ3v) is 4.73. The first-order chi connectivity index (χ1) is 13.6. The quantitative estimate of drug-likeness (QED) is 0.596. The van der Waals surface area contributed by atoms with E-state index in [9.17, 15) is 19.8 Å². The lowest BCUT2D eigenvalue weighted by Crippen LogP contribution is -2.30. The number of hydrogen-bond donors (Lipinski definition) is 3. The van der Waals surface area contributed by atoms with Crippen molar-refractivity contribution in [3.05, 3.63) is 101 Å². The van der Waals surface area contributed by atoms with Crippen molar-refractivity contribution >= 4 is 23.0 Å². The molecule has 0 saturated carbocycles. The number of benzene rings is 3. The van der Waals surface area contributed by atoms with Crippen molar-refractivity contribution in [3.8, 4) is 5.75 Å². The summed E-state index contributed by atoms with van der Waals surface area (Å²) in [6, 6.07) is 21.2. The van der Waals surface area contributed by atoms with Crippen LogP contribution in [0.5, 0.6) is 5.75 Å². The van der Waals surface area contributed by atoms with Crippen LogP contribution in [0.3, 0.4) is 0 Å². The molecule has 138 valence electrons. The second kappa shape index (κ2) is 7.04. The van der Waals surface area contributed by atoms with Gasteiger partial charge in [0.1, 0.15) is 11.5 Å². The highest BCUT2D eigenvalue weighted by molar-refractivity contribution is 6.52. The first kappa shape index (κ1) is 17.5. The summed E-state index contributed by atoms with van der Waals surface area (Å²) < 4.78 is 0. The molecule has 4 rings (SSSR count). The van der Waals surface area contributed by atoms with E-state index in [1.54, 1.807) is 30.3 Å². The number of phenols is 1. The smallest absolute Gasteiger partial charge is 0.235 e. The van der Waals surface area contributed by atoms with Crippen LogP contribution in [0.1, 0.15) is 27.5 Å². The average Bonchev–Trinajstić information content (AvgIpc) is 2.73. The van der Waals surface area contributed by atoms with Crippen LogP contribution < -0.4 is 5.32 Å². The van der Waals surface area contributed by atoms with Gasteiger partial charge in [0.25, 0.3) is 0 Å². The standard InChI is InChI=1S/C23H17NO4/c25-16-12-10-14(11-13-16)20(24-15-6-2-1-3-7-15)19-21(26)17-8-4-5-9-18(17)22(27)23(19)28/h1-13,20,24-26H. The molecule has 0 bridgehead atoms. The van der Waals surface area contributed by atoms with Gasteiger partial charge in [0.2, 0.25) is 11.6 Å². The fourth-order valence-electron chi connectivity index (χ4n) is 3.34. The second-order valence-corrected chi connectivity index (χ2v) is 6.50. The SMILES string of the molecule is O=C1C(=O)c2ccccc2C(O)=C1C(Nc1ccccc1)c1ccc(O)cc1. The Morgan fingerprint density at radius 2 is 1.29 bits per heavy atom. The number of carbonyl (C=O) groups excluding carboxylic acids is 2. The van der Waals surface area contributed by atoms with Crippen molar-refractivity contribution in [1.29, 1.82) is 0 Å². The summed E-state index contributed by atoms with van der Waals surface area (Å²) in [5.74, 6) is -1.54. The molecule has 3 aromatic carbocycles. The van der Waals surface area contributed by atoms with Crippen molar-refractivity contribution in [3.63, 3.8) is 0 Å². The molecule has 3 aromatic rings. The number of nitrogens with one attached hydrogen (secondary N) is 1. The summed E-state index contributed by atoms with van der Waals surface area (Å²) in [7, 11) is 0. The summed E-state index contributed by atoms with van der Waals surface area (Å²) in [5, 5.41) is 23.7. The number of fused-ring (bicyclic) bond motifs is 1. The summed E-state index contributed by atoms with van der Waals surface area (Å²) >= 11 is 0. The molecule has 1 unspecified atom stereocenters. The number of aliphatic hydroxyl groups is 1. The molecule has 0 amide bonds. The maximum Gasteiger partial charge on any atom is 0.235 e. The minimum Gasteiger partial charge on any atom is -0.508 e. The number of rotatable bonds is 4. The molecule has 1 aliphatic carbocycles. The van der Waals surface area contributed by atoms with Crippen LogP contribution in [0, 0.1) is 0 Å². The van der Waals surface area contributed by atoms with E-state index in [-0.39, 0.29) is 22.6 Å². The monoisotopic (exact) mass is 371 g/mol. The maximum atomic E-state index is 12.9. The molecule has 0 fully saturated rings. The Bertz CT molecular complexity index is 1090. The first-order valence-electron chi connectivity index (χ1n) is 8.78. The lowest BCUT2D eigenvalue weighted by atomic mass is 9.83. The van der Waals surface area contributed by atoms with Gasteiger partial charge >= 0.3 is 0 Å². The molecule has 5 nitrogen and oxygen atoms in total. The van der Waals surface area contributed by atoms with Crippen LogP contribution in [0.2, 0.25) is 0 Å². The van der Waals surface area contributed by atoms with Gasteiger partial charge < -0.3 is 15.5 Å². The molecule has 0 aromatic heterocycles.